The predicted molar refractivity (Wildman–Crippen MR) is 129 cm³/mol. The van der Waals surface area contributed by atoms with E-state index in [4.69, 9.17) is 19.9 Å². The summed E-state index contributed by atoms with van der Waals surface area (Å²) in [6, 6.07) is 7.79. The Balaban J connectivity index is 1.90. The fraction of sp³-hybridized carbons (Fsp3) is 0.320. The molecule has 1 aliphatic carbocycles. The van der Waals surface area contributed by atoms with Crippen molar-refractivity contribution in [2.24, 2.45) is 11.1 Å². The zero-order valence-electron chi connectivity index (χ0n) is 19.8. The van der Waals surface area contributed by atoms with Gasteiger partial charge in [0.2, 0.25) is 11.6 Å². The van der Waals surface area contributed by atoms with Crippen molar-refractivity contribution in [3.63, 3.8) is 0 Å². The summed E-state index contributed by atoms with van der Waals surface area (Å²) in [5.74, 6) is -2.27. The quantitative estimate of drug-likeness (QED) is 0.252. The number of allylic oxidation sites excluding steroid dienone is 3. The number of Topliss-reactive ketones (excluding diaryl/α,β-unsaturated/α-hetero) is 1. The van der Waals surface area contributed by atoms with Crippen LogP contribution in [-0.4, -0.2) is 23.3 Å². The van der Waals surface area contributed by atoms with E-state index >= 15 is 0 Å². The number of nitrogens with zero attached hydrogens (tertiary/aromatic N) is 2. The average molecular weight is 510 g/mol. The Morgan fingerprint density at radius 2 is 2.14 bits per heavy atom. The van der Waals surface area contributed by atoms with E-state index in [0.717, 1.165) is 11.3 Å². The molecule has 4 rings (SSSR count). The lowest BCUT2D eigenvalue weighted by Crippen LogP contribution is -2.33. The van der Waals surface area contributed by atoms with Crippen molar-refractivity contribution in [1.82, 2.24) is 0 Å². The summed E-state index contributed by atoms with van der Waals surface area (Å²) in [6.07, 6.45) is 0.613. The van der Waals surface area contributed by atoms with Crippen molar-refractivity contribution in [1.29, 1.82) is 5.26 Å². The number of nitro benzene ring substituents is 1. The highest BCUT2D eigenvalue weighted by atomic mass is 32.1. The number of hydrogen-bond donors (Lipinski definition) is 1. The fourth-order valence-corrected chi connectivity index (χ4v) is 5.03. The van der Waals surface area contributed by atoms with Gasteiger partial charge in [0.1, 0.15) is 22.3 Å². The summed E-state index contributed by atoms with van der Waals surface area (Å²) in [6.45, 7) is 5.62. The number of hydrogen-bond acceptors (Lipinski definition) is 10. The Kier molecular flexibility index (Phi) is 6.56. The maximum absolute atomic E-state index is 13.2. The molecule has 0 unspecified atom stereocenters. The molecule has 0 bridgehead atoms. The lowest BCUT2D eigenvalue weighted by molar-refractivity contribution is -0.385. The van der Waals surface area contributed by atoms with E-state index < -0.39 is 22.5 Å². The first-order valence-electron chi connectivity index (χ1n) is 11.1. The maximum atomic E-state index is 13.2. The topological polar surface area (TPSA) is 155 Å². The van der Waals surface area contributed by atoms with Crippen LogP contribution in [0.1, 0.15) is 54.8 Å². The van der Waals surface area contributed by atoms with Crippen LogP contribution in [0.4, 0.5) is 5.69 Å². The van der Waals surface area contributed by atoms with Crippen LogP contribution in [0.3, 0.4) is 0 Å². The zero-order chi connectivity index (χ0) is 26.2. The third-order valence-electron chi connectivity index (χ3n) is 5.88. The Labute approximate surface area is 210 Å². The first-order valence-corrected chi connectivity index (χ1v) is 12.0. The van der Waals surface area contributed by atoms with Crippen LogP contribution in [0.25, 0.3) is 0 Å². The van der Waals surface area contributed by atoms with Crippen molar-refractivity contribution in [2.45, 2.75) is 39.5 Å². The molecule has 2 aromatic rings. The van der Waals surface area contributed by atoms with Crippen LogP contribution in [0.5, 0.6) is 11.5 Å². The van der Waals surface area contributed by atoms with Crippen molar-refractivity contribution >= 4 is 28.8 Å². The standard InChI is InChI=1S/C25H23N3O7S/c1-4-33-17-9-13(8-15(28(31)32)22(17)35-24(30)19-6-5-7-36-19)20-14(12-26)23(27)34-18-11-25(2,3)10-16(29)21(18)20/h5-9,20H,4,10-11,27H2,1-3H3/t20-/m0/s1. The van der Waals surface area contributed by atoms with Crippen molar-refractivity contribution in [3.8, 4) is 17.6 Å². The van der Waals surface area contributed by atoms with Crippen molar-refractivity contribution in [2.75, 3.05) is 6.61 Å². The molecular formula is C25H23N3O7S. The molecule has 186 valence electrons. The monoisotopic (exact) mass is 509 g/mol. The van der Waals surface area contributed by atoms with Gasteiger partial charge in [0.25, 0.3) is 0 Å². The zero-order valence-corrected chi connectivity index (χ0v) is 20.6. The van der Waals surface area contributed by atoms with Crippen LogP contribution >= 0.6 is 11.3 Å². The number of benzene rings is 1. The molecule has 1 atom stereocenters. The van der Waals surface area contributed by atoms with E-state index in [1.54, 1.807) is 18.4 Å². The fourth-order valence-electron chi connectivity index (χ4n) is 4.43. The van der Waals surface area contributed by atoms with Gasteiger partial charge in [0.05, 0.1) is 17.4 Å². The van der Waals surface area contributed by atoms with Gasteiger partial charge in [-0.1, -0.05) is 19.9 Å². The van der Waals surface area contributed by atoms with E-state index in [9.17, 15) is 25.0 Å². The number of nitro groups is 1. The molecule has 0 radical (unpaired) electrons. The summed E-state index contributed by atoms with van der Waals surface area (Å²) in [7, 11) is 0. The van der Waals surface area contributed by atoms with Crippen LogP contribution in [0, 0.1) is 26.9 Å². The largest absolute Gasteiger partial charge is 0.490 e. The molecule has 0 amide bonds. The van der Waals surface area contributed by atoms with Crippen LogP contribution in [0.15, 0.2) is 52.4 Å². The number of esters is 1. The second-order valence-electron chi connectivity index (χ2n) is 9.13. The molecule has 0 saturated heterocycles. The molecule has 2 N–H and O–H groups in total. The average Bonchev–Trinajstić information content (AvgIpc) is 3.33. The molecule has 2 aliphatic rings. The minimum absolute atomic E-state index is 0.0399. The van der Waals surface area contributed by atoms with Crippen LogP contribution in [-0.2, 0) is 9.53 Å². The normalized spacial score (nSPS) is 18.7. The van der Waals surface area contributed by atoms with E-state index in [2.05, 4.69) is 0 Å². The van der Waals surface area contributed by atoms with Crippen LogP contribution in [0.2, 0.25) is 0 Å². The molecule has 1 aromatic carbocycles. The predicted octanol–water partition coefficient (Wildman–Crippen LogP) is 4.73. The van der Waals surface area contributed by atoms with Gasteiger partial charge in [-0.2, -0.15) is 5.26 Å². The molecule has 0 fully saturated rings. The summed E-state index contributed by atoms with van der Waals surface area (Å²) >= 11 is 1.13. The van der Waals surface area contributed by atoms with Gasteiger partial charge in [-0.25, -0.2) is 4.79 Å². The molecule has 1 aromatic heterocycles. The number of rotatable bonds is 6. The molecule has 0 spiro atoms. The van der Waals surface area contributed by atoms with Crippen molar-refractivity contribution < 1.29 is 28.7 Å². The maximum Gasteiger partial charge on any atom is 0.354 e. The Morgan fingerprint density at radius 3 is 2.75 bits per heavy atom. The molecule has 2 heterocycles. The Hall–Kier alpha value is -4.17. The third-order valence-corrected chi connectivity index (χ3v) is 6.73. The molecule has 1 aliphatic heterocycles. The highest BCUT2D eigenvalue weighted by molar-refractivity contribution is 7.12. The third kappa shape index (κ3) is 4.55. The van der Waals surface area contributed by atoms with Gasteiger partial charge < -0.3 is 19.9 Å². The van der Waals surface area contributed by atoms with Gasteiger partial charge in [-0.3, -0.25) is 14.9 Å². The highest BCUT2D eigenvalue weighted by Gasteiger charge is 2.44. The minimum atomic E-state index is -0.998. The number of carbonyl (C=O) groups excluding carboxylic acids is 2. The van der Waals surface area contributed by atoms with E-state index in [1.807, 2.05) is 19.9 Å². The molecule has 36 heavy (non-hydrogen) atoms. The number of ketones is 1. The first-order chi connectivity index (χ1) is 17.1. The lowest BCUT2D eigenvalue weighted by atomic mass is 9.70. The van der Waals surface area contributed by atoms with Gasteiger partial charge in [-0.15, -0.1) is 11.3 Å². The molecule has 0 saturated carbocycles. The SMILES string of the molecule is CCOc1cc([C@H]2C(C#N)=C(N)OC3=C2C(=O)CC(C)(C)C3)cc([N+](=O)[O-])c1OC(=O)c1cccs1. The van der Waals surface area contributed by atoms with E-state index in [1.165, 1.54) is 18.2 Å². The smallest absolute Gasteiger partial charge is 0.354 e. The van der Waals surface area contributed by atoms with Gasteiger partial charge in [-0.05, 0) is 35.4 Å². The van der Waals surface area contributed by atoms with Gasteiger partial charge >= 0.3 is 11.7 Å². The van der Waals surface area contributed by atoms with Gasteiger partial charge in [0.15, 0.2) is 11.5 Å². The Bertz CT molecular complexity index is 1370. The van der Waals surface area contributed by atoms with Gasteiger partial charge in [0, 0.05) is 24.5 Å². The summed E-state index contributed by atoms with van der Waals surface area (Å²) in [5, 5.41) is 23.6. The second-order valence-corrected chi connectivity index (χ2v) is 10.1. The van der Waals surface area contributed by atoms with E-state index in [0.29, 0.717) is 12.2 Å². The summed E-state index contributed by atoms with van der Waals surface area (Å²) in [5.41, 5.74) is 5.55. The summed E-state index contributed by atoms with van der Waals surface area (Å²) in [4.78, 5) is 37.5. The lowest BCUT2D eigenvalue weighted by Gasteiger charge is -2.37. The van der Waals surface area contributed by atoms with E-state index in [-0.39, 0.29) is 63.2 Å². The van der Waals surface area contributed by atoms with Crippen LogP contribution < -0.4 is 15.2 Å². The van der Waals surface area contributed by atoms with Crippen molar-refractivity contribution in [3.05, 3.63) is 73.0 Å². The number of nitrogens with two attached hydrogens (primary N) is 1. The molecule has 10 nitrogen and oxygen atoms in total. The highest BCUT2D eigenvalue weighted by Crippen LogP contribution is 2.50. The Morgan fingerprint density at radius 1 is 1.39 bits per heavy atom. The number of thiophene rings is 1. The first kappa shape index (κ1) is 24.9. The summed E-state index contributed by atoms with van der Waals surface area (Å²) < 4.78 is 16.7. The number of nitriles is 1. The molecular weight excluding hydrogens is 486 g/mol. The minimum Gasteiger partial charge on any atom is -0.490 e. The second kappa shape index (κ2) is 9.47. The molecule has 11 heteroatoms. The number of carbonyl (C=O) groups is 2. The number of ether oxygens (including phenoxy) is 3.